The Balaban J connectivity index is 2.07. The maximum absolute atomic E-state index is 5.97. The van der Waals surface area contributed by atoms with Crippen LogP contribution in [-0.4, -0.2) is 33.4 Å². The van der Waals surface area contributed by atoms with Crippen molar-refractivity contribution < 1.29 is 9.47 Å². The predicted molar refractivity (Wildman–Crippen MR) is 83.5 cm³/mol. The largest absolute Gasteiger partial charge is 0.491 e. The molecule has 1 fully saturated rings. The normalized spacial score (nSPS) is 19.1. The van der Waals surface area contributed by atoms with Gasteiger partial charge in [-0.1, -0.05) is 6.92 Å². The lowest BCUT2D eigenvalue weighted by Gasteiger charge is -2.34. The third-order valence-electron chi connectivity index (χ3n) is 3.75. The first kappa shape index (κ1) is 15.0. The maximum atomic E-state index is 5.97. The number of nitrogen functional groups attached to an aromatic ring is 1. The summed E-state index contributed by atoms with van der Waals surface area (Å²) in [4.78, 5) is 2.41. The fraction of sp³-hybridized carbons (Fsp3) is 0.625. The molecule has 1 unspecified atom stereocenters. The molecule has 2 N–H and O–H groups in total. The molecule has 1 saturated heterocycles. The Hall–Kier alpha value is -1.42. The molecule has 1 aromatic rings. The number of rotatable bonds is 6. The van der Waals surface area contributed by atoms with Crippen molar-refractivity contribution in [1.82, 2.24) is 0 Å². The third kappa shape index (κ3) is 3.79. The number of nitrogens with zero attached hydrogens (tertiary/aromatic N) is 1. The van der Waals surface area contributed by atoms with E-state index in [-0.39, 0.29) is 0 Å². The fourth-order valence-corrected chi connectivity index (χ4v) is 2.73. The van der Waals surface area contributed by atoms with Crippen LogP contribution in [0.15, 0.2) is 18.2 Å². The van der Waals surface area contributed by atoms with Gasteiger partial charge in [0.25, 0.3) is 0 Å². The van der Waals surface area contributed by atoms with Crippen molar-refractivity contribution in [2.24, 2.45) is 5.92 Å². The second-order valence-electron chi connectivity index (χ2n) is 5.48. The molecular weight excluding hydrogens is 252 g/mol. The molecular formula is C16H26N2O2. The molecule has 112 valence electrons. The van der Waals surface area contributed by atoms with Crippen LogP contribution < -0.4 is 15.4 Å². The first-order valence-electron chi connectivity index (χ1n) is 7.50. The van der Waals surface area contributed by atoms with Crippen LogP contribution in [0.1, 0.15) is 26.2 Å². The van der Waals surface area contributed by atoms with Crippen molar-refractivity contribution in [3.05, 3.63) is 18.2 Å². The Morgan fingerprint density at radius 2 is 2.25 bits per heavy atom. The summed E-state index contributed by atoms with van der Waals surface area (Å²) in [6, 6.07) is 6.10. The SMILES string of the molecule is CCCOc1cc(N2CCCC(COC)C2)ccc1N. The topological polar surface area (TPSA) is 47.7 Å². The summed E-state index contributed by atoms with van der Waals surface area (Å²) in [5, 5.41) is 0. The van der Waals surface area contributed by atoms with Crippen LogP contribution >= 0.6 is 0 Å². The van der Waals surface area contributed by atoms with Crippen LogP contribution in [0.3, 0.4) is 0 Å². The molecule has 4 heteroatoms. The van der Waals surface area contributed by atoms with Crippen molar-refractivity contribution in [2.75, 3.05) is 44.0 Å². The summed E-state index contributed by atoms with van der Waals surface area (Å²) in [5.41, 5.74) is 7.89. The van der Waals surface area contributed by atoms with Crippen LogP contribution in [0.25, 0.3) is 0 Å². The highest BCUT2D eigenvalue weighted by molar-refractivity contribution is 5.62. The average molecular weight is 278 g/mol. The lowest BCUT2D eigenvalue weighted by atomic mass is 9.98. The van der Waals surface area contributed by atoms with Gasteiger partial charge >= 0.3 is 0 Å². The van der Waals surface area contributed by atoms with Crippen LogP contribution in [-0.2, 0) is 4.74 Å². The molecule has 1 atom stereocenters. The molecule has 20 heavy (non-hydrogen) atoms. The number of ether oxygens (including phenoxy) is 2. The van der Waals surface area contributed by atoms with E-state index in [1.54, 1.807) is 7.11 Å². The molecule has 0 amide bonds. The minimum atomic E-state index is 0.617. The molecule has 1 heterocycles. The van der Waals surface area contributed by atoms with E-state index < -0.39 is 0 Å². The van der Waals surface area contributed by atoms with E-state index in [9.17, 15) is 0 Å². The summed E-state index contributed by atoms with van der Waals surface area (Å²) in [6.07, 6.45) is 3.45. The monoisotopic (exact) mass is 278 g/mol. The van der Waals surface area contributed by atoms with Crippen molar-refractivity contribution >= 4 is 11.4 Å². The van der Waals surface area contributed by atoms with E-state index in [1.807, 2.05) is 6.07 Å². The lowest BCUT2D eigenvalue weighted by Crippen LogP contribution is -2.37. The quantitative estimate of drug-likeness (QED) is 0.813. The highest BCUT2D eigenvalue weighted by Crippen LogP contribution is 2.30. The maximum Gasteiger partial charge on any atom is 0.144 e. The number of nitrogens with two attached hydrogens (primary N) is 1. The van der Waals surface area contributed by atoms with Crippen LogP contribution in [0.5, 0.6) is 5.75 Å². The molecule has 0 aromatic heterocycles. The van der Waals surface area contributed by atoms with Crippen LogP contribution in [0.2, 0.25) is 0 Å². The van der Waals surface area contributed by atoms with Gasteiger partial charge in [0, 0.05) is 32.0 Å². The number of piperidine rings is 1. The number of hydrogen-bond donors (Lipinski definition) is 1. The second kappa shape index (κ2) is 7.39. The number of benzene rings is 1. The van der Waals surface area contributed by atoms with Gasteiger partial charge in [-0.3, -0.25) is 0 Å². The smallest absolute Gasteiger partial charge is 0.144 e. The van der Waals surface area contributed by atoms with E-state index in [4.69, 9.17) is 15.2 Å². The molecule has 0 radical (unpaired) electrons. The average Bonchev–Trinajstić information content (AvgIpc) is 2.47. The zero-order chi connectivity index (χ0) is 14.4. The standard InChI is InChI=1S/C16H26N2O2/c1-3-9-20-16-10-14(6-7-15(16)17)18-8-4-5-13(11-18)12-19-2/h6-7,10,13H,3-5,8-9,11-12,17H2,1-2H3. The zero-order valence-electron chi connectivity index (χ0n) is 12.6. The van der Waals surface area contributed by atoms with Gasteiger partial charge in [-0.05, 0) is 37.3 Å². The van der Waals surface area contributed by atoms with Crippen molar-refractivity contribution in [2.45, 2.75) is 26.2 Å². The van der Waals surface area contributed by atoms with Gasteiger partial charge in [0.15, 0.2) is 0 Å². The van der Waals surface area contributed by atoms with E-state index in [0.29, 0.717) is 18.2 Å². The van der Waals surface area contributed by atoms with Crippen molar-refractivity contribution in [3.8, 4) is 5.75 Å². The fourth-order valence-electron chi connectivity index (χ4n) is 2.73. The minimum absolute atomic E-state index is 0.617. The van der Waals surface area contributed by atoms with Gasteiger partial charge in [0.05, 0.1) is 18.9 Å². The highest BCUT2D eigenvalue weighted by Gasteiger charge is 2.20. The summed E-state index contributed by atoms with van der Waals surface area (Å²) < 4.78 is 11.0. The number of methoxy groups -OCH3 is 1. The van der Waals surface area contributed by atoms with Crippen molar-refractivity contribution in [3.63, 3.8) is 0 Å². The Morgan fingerprint density at radius 3 is 3.00 bits per heavy atom. The molecule has 1 aliphatic rings. The van der Waals surface area contributed by atoms with E-state index in [1.165, 1.54) is 18.5 Å². The molecule has 4 nitrogen and oxygen atoms in total. The Bertz CT molecular complexity index is 421. The number of hydrogen-bond acceptors (Lipinski definition) is 4. The minimum Gasteiger partial charge on any atom is -0.491 e. The zero-order valence-corrected chi connectivity index (χ0v) is 12.6. The molecule has 0 saturated carbocycles. The molecule has 0 spiro atoms. The second-order valence-corrected chi connectivity index (χ2v) is 5.48. The lowest BCUT2D eigenvalue weighted by molar-refractivity contribution is 0.143. The van der Waals surface area contributed by atoms with Gasteiger partial charge in [-0.25, -0.2) is 0 Å². The first-order valence-corrected chi connectivity index (χ1v) is 7.50. The third-order valence-corrected chi connectivity index (χ3v) is 3.75. The molecule has 0 bridgehead atoms. The van der Waals surface area contributed by atoms with Gasteiger partial charge < -0.3 is 20.1 Å². The van der Waals surface area contributed by atoms with E-state index in [0.717, 1.165) is 31.9 Å². The summed E-state index contributed by atoms with van der Waals surface area (Å²) in [7, 11) is 1.78. The molecule has 2 rings (SSSR count). The highest BCUT2D eigenvalue weighted by atomic mass is 16.5. The predicted octanol–water partition coefficient (Wildman–Crippen LogP) is 2.92. The first-order chi connectivity index (χ1) is 9.74. The summed E-state index contributed by atoms with van der Waals surface area (Å²) >= 11 is 0. The van der Waals surface area contributed by atoms with Gasteiger partial charge in [-0.2, -0.15) is 0 Å². The van der Waals surface area contributed by atoms with Crippen LogP contribution in [0, 0.1) is 5.92 Å². The summed E-state index contributed by atoms with van der Waals surface area (Å²) in [5.74, 6) is 1.42. The Labute approximate surface area is 121 Å². The Kier molecular flexibility index (Phi) is 5.53. The van der Waals surface area contributed by atoms with Gasteiger partial charge in [-0.15, -0.1) is 0 Å². The van der Waals surface area contributed by atoms with Gasteiger partial charge in [0.2, 0.25) is 0 Å². The Morgan fingerprint density at radius 1 is 1.40 bits per heavy atom. The molecule has 0 aliphatic carbocycles. The van der Waals surface area contributed by atoms with E-state index in [2.05, 4.69) is 24.0 Å². The molecule has 1 aliphatic heterocycles. The summed E-state index contributed by atoms with van der Waals surface area (Å²) in [6.45, 7) is 5.78. The van der Waals surface area contributed by atoms with Crippen molar-refractivity contribution in [1.29, 1.82) is 0 Å². The molecule has 1 aromatic carbocycles. The van der Waals surface area contributed by atoms with Gasteiger partial charge in [0.1, 0.15) is 5.75 Å². The van der Waals surface area contributed by atoms with E-state index >= 15 is 0 Å². The van der Waals surface area contributed by atoms with Crippen LogP contribution in [0.4, 0.5) is 11.4 Å². The number of anilines is 2.